The van der Waals surface area contributed by atoms with Crippen molar-refractivity contribution in [2.75, 3.05) is 5.32 Å². The van der Waals surface area contributed by atoms with Gasteiger partial charge in [-0.3, -0.25) is 4.79 Å². The van der Waals surface area contributed by atoms with E-state index < -0.39 is 24.4 Å². The lowest BCUT2D eigenvalue weighted by Gasteiger charge is -2.16. The number of rotatable bonds is 5. The van der Waals surface area contributed by atoms with Gasteiger partial charge in [0.05, 0.1) is 6.42 Å². The van der Waals surface area contributed by atoms with Crippen LogP contribution in [-0.4, -0.2) is 28.2 Å². The molecule has 0 spiro atoms. The second-order valence-corrected chi connectivity index (χ2v) is 5.30. The Hall–Kier alpha value is -2.82. The molecule has 1 atom stereocenters. The first-order chi connectivity index (χ1) is 10.6. The van der Waals surface area contributed by atoms with Crippen molar-refractivity contribution in [2.45, 2.75) is 18.9 Å². The van der Waals surface area contributed by atoms with Crippen LogP contribution in [0.3, 0.4) is 0 Å². The number of anilines is 1. The minimum Gasteiger partial charge on any atom is -0.481 e. The molecule has 2 aromatic rings. The highest BCUT2D eigenvalue weighted by Gasteiger charge is 2.25. The first-order valence-electron chi connectivity index (χ1n) is 6.97. The number of aliphatic carboxylic acids is 2. The normalized spacial score (nSPS) is 13.1. The summed E-state index contributed by atoms with van der Waals surface area (Å²) < 4.78 is 0. The van der Waals surface area contributed by atoms with Crippen molar-refractivity contribution in [3.8, 4) is 11.1 Å². The van der Waals surface area contributed by atoms with Crippen molar-refractivity contribution in [1.29, 1.82) is 0 Å². The van der Waals surface area contributed by atoms with E-state index in [1.165, 1.54) is 5.56 Å². The SMILES string of the molecule is O=C(O)C[C@@H](Nc1cccc2c1Cc1ccccc1-2)C(=O)O. The number of hydrogen-bond donors (Lipinski definition) is 3. The number of carbonyl (C=O) groups is 2. The van der Waals surface area contributed by atoms with Gasteiger partial charge in [-0.1, -0.05) is 36.4 Å². The van der Waals surface area contributed by atoms with Crippen molar-refractivity contribution in [1.82, 2.24) is 0 Å². The molecule has 0 amide bonds. The van der Waals surface area contributed by atoms with Gasteiger partial charge in [-0.2, -0.15) is 0 Å². The van der Waals surface area contributed by atoms with Crippen LogP contribution in [0.15, 0.2) is 42.5 Å². The molecular weight excluding hydrogens is 282 g/mol. The molecule has 1 aliphatic carbocycles. The van der Waals surface area contributed by atoms with Crippen LogP contribution in [0.1, 0.15) is 17.5 Å². The van der Waals surface area contributed by atoms with Crippen LogP contribution in [0.2, 0.25) is 0 Å². The summed E-state index contributed by atoms with van der Waals surface area (Å²) in [6, 6.07) is 12.5. The predicted octanol–water partition coefficient (Wildman–Crippen LogP) is 2.60. The molecule has 0 aliphatic heterocycles. The van der Waals surface area contributed by atoms with Crippen LogP contribution in [-0.2, 0) is 16.0 Å². The van der Waals surface area contributed by atoms with Gasteiger partial charge in [-0.15, -0.1) is 0 Å². The number of carboxylic acids is 2. The fraction of sp³-hybridized carbons (Fsp3) is 0.176. The predicted molar refractivity (Wildman–Crippen MR) is 82.0 cm³/mol. The molecule has 0 fully saturated rings. The Morgan fingerprint density at radius 3 is 2.50 bits per heavy atom. The number of fused-ring (bicyclic) bond motifs is 3. The van der Waals surface area contributed by atoms with E-state index >= 15 is 0 Å². The standard InChI is InChI=1S/C17H15NO4/c19-16(20)9-15(17(21)22)18-14-7-3-6-12-11-5-2-1-4-10(11)8-13(12)14/h1-7,15,18H,8-9H2,(H,19,20)(H,21,22)/t15-/m1/s1. The fourth-order valence-corrected chi connectivity index (χ4v) is 2.85. The van der Waals surface area contributed by atoms with Crippen LogP contribution in [0, 0.1) is 0 Å². The first-order valence-corrected chi connectivity index (χ1v) is 6.97. The number of benzene rings is 2. The maximum Gasteiger partial charge on any atom is 0.326 e. The van der Waals surface area contributed by atoms with Crippen LogP contribution in [0.25, 0.3) is 11.1 Å². The first kappa shape index (κ1) is 14.1. The molecule has 0 radical (unpaired) electrons. The van der Waals surface area contributed by atoms with Crippen molar-refractivity contribution in [3.63, 3.8) is 0 Å². The Labute approximate surface area is 127 Å². The van der Waals surface area contributed by atoms with Gasteiger partial charge in [-0.05, 0) is 28.3 Å². The van der Waals surface area contributed by atoms with Crippen molar-refractivity contribution < 1.29 is 19.8 Å². The lowest BCUT2D eigenvalue weighted by Crippen LogP contribution is -2.32. The third kappa shape index (κ3) is 2.53. The van der Waals surface area contributed by atoms with Crippen molar-refractivity contribution in [3.05, 3.63) is 53.6 Å². The van der Waals surface area contributed by atoms with E-state index in [1.807, 2.05) is 36.4 Å². The summed E-state index contributed by atoms with van der Waals surface area (Å²) in [5.41, 5.74) is 5.10. The Balaban J connectivity index is 1.94. The zero-order valence-electron chi connectivity index (χ0n) is 11.7. The molecule has 112 valence electrons. The maximum atomic E-state index is 11.2. The summed E-state index contributed by atoms with van der Waals surface area (Å²) >= 11 is 0. The summed E-state index contributed by atoms with van der Waals surface area (Å²) in [5.74, 6) is -2.31. The quantitative estimate of drug-likeness (QED) is 0.674. The van der Waals surface area contributed by atoms with E-state index in [0.717, 1.165) is 16.7 Å². The Bertz CT molecular complexity index is 754. The van der Waals surface area contributed by atoms with Gasteiger partial charge in [-0.25, -0.2) is 4.79 Å². The average molecular weight is 297 g/mol. The van der Waals surface area contributed by atoms with Gasteiger partial charge in [0.15, 0.2) is 0 Å². The minimum atomic E-state index is -1.17. The van der Waals surface area contributed by atoms with Crippen LogP contribution >= 0.6 is 0 Å². The molecule has 1 aliphatic rings. The van der Waals surface area contributed by atoms with Crippen LogP contribution < -0.4 is 5.32 Å². The average Bonchev–Trinajstić information content (AvgIpc) is 2.86. The zero-order chi connectivity index (χ0) is 15.7. The number of nitrogens with one attached hydrogen (secondary N) is 1. The number of carboxylic acid groups (broad SMARTS) is 2. The molecule has 0 unspecified atom stereocenters. The Morgan fingerprint density at radius 2 is 1.77 bits per heavy atom. The topological polar surface area (TPSA) is 86.6 Å². The van der Waals surface area contributed by atoms with Gasteiger partial charge >= 0.3 is 11.9 Å². The second-order valence-electron chi connectivity index (χ2n) is 5.30. The zero-order valence-corrected chi connectivity index (χ0v) is 11.7. The molecule has 0 saturated heterocycles. The van der Waals surface area contributed by atoms with Gasteiger partial charge in [0.1, 0.15) is 6.04 Å². The van der Waals surface area contributed by atoms with Crippen LogP contribution in [0.4, 0.5) is 5.69 Å². The molecule has 3 N–H and O–H groups in total. The molecule has 5 nitrogen and oxygen atoms in total. The molecular formula is C17H15NO4. The van der Waals surface area contributed by atoms with E-state index in [-0.39, 0.29) is 0 Å². The summed E-state index contributed by atoms with van der Waals surface area (Å²) in [5, 5.41) is 20.9. The smallest absolute Gasteiger partial charge is 0.326 e. The molecule has 0 saturated carbocycles. The lowest BCUT2D eigenvalue weighted by molar-refractivity contribution is -0.144. The molecule has 22 heavy (non-hydrogen) atoms. The van der Waals surface area contributed by atoms with Crippen LogP contribution in [0.5, 0.6) is 0 Å². The van der Waals surface area contributed by atoms with Gasteiger partial charge in [0.25, 0.3) is 0 Å². The highest BCUT2D eigenvalue weighted by molar-refractivity contribution is 5.86. The lowest BCUT2D eigenvalue weighted by atomic mass is 10.0. The van der Waals surface area contributed by atoms with Gasteiger partial charge in [0.2, 0.25) is 0 Å². The molecule has 2 aromatic carbocycles. The van der Waals surface area contributed by atoms with Gasteiger partial charge < -0.3 is 15.5 Å². The van der Waals surface area contributed by atoms with Crippen molar-refractivity contribution in [2.24, 2.45) is 0 Å². The summed E-state index contributed by atoms with van der Waals surface area (Å²) in [6.45, 7) is 0. The van der Waals surface area contributed by atoms with E-state index in [9.17, 15) is 14.7 Å². The van der Waals surface area contributed by atoms with E-state index in [2.05, 4.69) is 5.32 Å². The van der Waals surface area contributed by atoms with E-state index in [1.54, 1.807) is 6.07 Å². The summed E-state index contributed by atoms with van der Waals surface area (Å²) in [6.07, 6.45) is 0.250. The number of hydrogen-bond acceptors (Lipinski definition) is 3. The molecule has 0 bridgehead atoms. The fourth-order valence-electron chi connectivity index (χ4n) is 2.85. The maximum absolute atomic E-state index is 11.2. The largest absolute Gasteiger partial charge is 0.481 e. The van der Waals surface area contributed by atoms with E-state index in [0.29, 0.717) is 12.1 Å². The highest BCUT2D eigenvalue weighted by Crippen LogP contribution is 2.40. The second kappa shape index (κ2) is 5.52. The highest BCUT2D eigenvalue weighted by atomic mass is 16.4. The Morgan fingerprint density at radius 1 is 1.05 bits per heavy atom. The summed E-state index contributed by atoms with van der Waals surface area (Å²) in [7, 11) is 0. The molecule has 0 heterocycles. The minimum absolute atomic E-state index is 0.466. The molecule has 0 aromatic heterocycles. The van der Waals surface area contributed by atoms with E-state index in [4.69, 9.17) is 5.11 Å². The Kier molecular flexibility index (Phi) is 3.55. The monoisotopic (exact) mass is 297 g/mol. The van der Waals surface area contributed by atoms with Gasteiger partial charge in [0, 0.05) is 12.1 Å². The van der Waals surface area contributed by atoms with Crippen molar-refractivity contribution >= 4 is 17.6 Å². The third-order valence-electron chi connectivity index (χ3n) is 3.86. The molecule has 3 rings (SSSR count). The third-order valence-corrected chi connectivity index (χ3v) is 3.86. The summed E-state index contributed by atoms with van der Waals surface area (Å²) in [4.78, 5) is 22.0. The molecule has 5 heteroatoms.